The number of fused-ring (bicyclic) bond motifs is 1. The highest BCUT2D eigenvalue weighted by molar-refractivity contribution is 5.81. The maximum atomic E-state index is 13.8. The molecule has 1 saturated heterocycles. The topological polar surface area (TPSA) is 59.7 Å². The van der Waals surface area contributed by atoms with Crippen LogP contribution in [0.1, 0.15) is 37.4 Å². The fraction of sp³-hybridized carbons (Fsp3) is 0.409. The Morgan fingerprint density at radius 2 is 2.07 bits per heavy atom. The number of likely N-dealkylation sites (tertiary alicyclic amines) is 1. The highest BCUT2D eigenvalue weighted by atomic mass is 19.1. The Bertz CT molecular complexity index is 1080. The van der Waals surface area contributed by atoms with Crippen LogP contribution >= 0.6 is 0 Å². The van der Waals surface area contributed by atoms with E-state index < -0.39 is 0 Å². The minimum atomic E-state index is -0.317. The zero-order valence-corrected chi connectivity index (χ0v) is 16.3. The second-order valence-corrected chi connectivity index (χ2v) is 7.93. The van der Waals surface area contributed by atoms with E-state index in [0.717, 1.165) is 49.3 Å². The molecule has 2 fully saturated rings. The second-order valence-electron chi connectivity index (χ2n) is 7.93. The van der Waals surface area contributed by atoms with Crippen LogP contribution in [-0.2, 0) is 4.79 Å². The predicted molar refractivity (Wildman–Crippen MR) is 106 cm³/mol. The van der Waals surface area contributed by atoms with Crippen molar-refractivity contribution < 1.29 is 13.9 Å². The number of carbonyl (C=O) groups excluding carboxylic acids is 1. The van der Waals surface area contributed by atoms with Crippen LogP contribution in [0.15, 0.2) is 36.5 Å². The van der Waals surface area contributed by atoms with Crippen molar-refractivity contribution in [3.05, 3.63) is 48.2 Å². The van der Waals surface area contributed by atoms with E-state index in [4.69, 9.17) is 9.72 Å². The Morgan fingerprint density at radius 1 is 1.21 bits per heavy atom. The molecule has 0 unspecified atom stereocenters. The molecule has 3 heterocycles. The summed E-state index contributed by atoms with van der Waals surface area (Å²) >= 11 is 0. The summed E-state index contributed by atoms with van der Waals surface area (Å²) in [6.07, 6.45) is 5.86. The molecule has 6 nitrogen and oxygen atoms in total. The van der Waals surface area contributed by atoms with Crippen LogP contribution in [0.5, 0.6) is 5.75 Å². The summed E-state index contributed by atoms with van der Waals surface area (Å²) in [6, 6.07) is 8.24. The molecule has 0 N–H and O–H groups in total. The molecule has 0 bridgehead atoms. The number of halogens is 1. The molecule has 1 amide bonds. The third kappa shape index (κ3) is 3.45. The van der Waals surface area contributed by atoms with E-state index in [1.807, 2.05) is 23.2 Å². The highest BCUT2D eigenvalue weighted by Gasteiger charge is 2.36. The molecule has 1 saturated carbocycles. The van der Waals surface area contributed by atoms with E-state index in [9.17, 15) is 9.18 Å². The largest absolute Gasteiger partial charge is 0.496 e. The number of aromatic nitrogens is 3. The van der Waals surface area contributed by atoms with Gasteiger partial charge in [0.25, 0.3) is 0 Å². The minimum absolute atomic E-state index is 0.151. The van der Waals surface area contributed by atoms with E-state index >= 15 is 0 Å². The fourth-order valence-electron chi connectivity index (χ4n) is 4.11. The van der Waals surface area contributed by atoms with Crippen molar-refractivity contribution in [3.63, 3.8) is 0 Å². The summed E-state index contributed by atoms with van der Waals surface area (Å²) in [5.41, 5.74) is 2.22. The summed E-state index contributed by atoms with van der Waals surface area (Å²) in [5.74, 6) is 1.74. The van der Waals surface area contributed by atoms with Gasteiger partial charge in [-0.2, -0.15) is 5.10 Å². The Kier molecular flexibility index (Phi) is 4.45. The van der Waals surface area contributed by atoms with Crippen molar-refractivity contribution in [1.29, 1.82) is 0 Å². The average molecular weight is 394 g/mol. The lowest BCUT2D eigenvalue weighted by molar-refractivity contribution is -0.133. The number of rotatable bonds is 4. The van der Waals surface area contributed by atoms with Crippen LogP contribution in [-0.4, -0.2) is 45.6 Å². The van der Waals surface area contributed by atoms with Crippen LogP contribution < -0.4 is 4.74 Å². The Labute approximate surface area is 168 Å². The van der Waals surface area contributed by atoms with E-state index in [0.29, 0.717) is 23.8 Å². The zero-order chi connectivity index (χ0) is 20.0. The third-order valence-electron chi connectivity index (χ3n) is 5.84. The first-order valence-electron chi connectivity index (χ1n) is 10.1. The fourth-order valence-corrected chi connectivity index (χ4v) is 4.11. The van der Waals surface area contributed by atoms with Crippen LogP contribution in [0.4, 0.5) is 4.39 Å². The standard InChI is InChI=1S/C22H23FN4O2/c1-29-19-8-7-17(23)11-18(19)15-6-9-20-24-21(25-27(20)13-15)16-3-2-10-26(12-16)22(28)14-4-5-14/h6-9,11,13-14,16H,2-5,10,12H2,1H3/t16-/m0/s1. The lowest BCUT2D eigenvalue weighted by atomic mass is 9.97. The van der Waals surface area contributed by atoms with Crippen molar-refractivity contribution in [2.45, 2.75) is 31.6 Å². The summed E-state index contributed by atoms with van der Waals surface area (Å²) in [7, 11) is 1.57. The van der Waals surface area contributed by atoms with Crippen LogP contribution in [0.25, 0.3) is 16.8 Å². The molecule has 1 aliphatic heterocycles. The number of ether oxygens (including phenoxy) is 1. The first kappa shape index (κ1) is 18.1. The predicted octanol–water partition coefficient (Wildman–Crippen LogP) is 3.66. The number of carbonyl (C=O) groups is 1. The van der Waals surface area contributed by atoms with Crippen molar-refractivity contribution in [1.82, 2.24) is 19.5 Å². The third-order valence-corrected chi connectivity index (χ3v) is 5.84. The molecule has 5 rings (SSSR count). The van der Waals surface area contributed by atoms with Crippen molar-refractivity contribution in [2.24, 2.45) is 5.92 Å². The van der Waals surface area contributed by atoms with Gasteiger partial charge < -0.3 is 9.64 Å². The maximum absolute atomic E-state index is 13.8. The molecule has 0 spiro atoms. The number of benzene rings is 1. The molecular formula is C22H23FN4O2. The second kappa shape index (κ2) is 7.13. The van der Waals surface area contributed by atoms with Crippen LogP contribution in [0.2, 0.25) is 0 Å². The first-order chi connectivity index (χ1) is 14.1. The molecule has 0 radical (unpaired) electrons. The summed E-state index contributed by atoms with van der Waals surface area (Å²) in [4.78, 5) is 19.1. The molecule has 2 aliphatic rings. The molecule has 29 heavy (non-hydrogen) atoms. The quantitative estimate of drug-likeness (QED) is 0.678. The van der Waals surface area contributed by atoms with E-state index in [1.165, 1.54) is 12.1 Å². The van der Waals surface area contributed by atoms with Gasteiger partial charge in [0, 0.05) is 42.2 Å². The number of methoxy groups -OCH3 is 1. The van der Waals surface area contributed by atoms with Gasteiger partial charge in [0.15, 0.2) is 11.5 Å². The maximum Gasteiger partial charge on any atom is 0.225 e. The van der Waals surface area contributed by atoms with Gasteiger partial charge in [-0.25, -0.2) is 13.9 Å². The average Bonchev–Trinajstić information content (AvgIpc) is 3.51. The lowest BCUT2D eigenvalue weighted by Gasteiger charge is -2.31. The van der Waals surface area contributed by atoms with E-state index in [-0.39, 0.29) is 17.7 Å². The van der Waals surface area contributed by atoms with Crippen molar-refractivity contribution >= 4 is 11.6 Å². The van der Waals surface area contributed by atoms with E-state index in [1.54, 1.807) is 17.7 Å². The van der Waals surface area contributed by atoms with Crippen LogP contribution in [0.3, 0.4) is 0 Å². The number of piperidine rings is 1. The van der Waals surface area contributed by atoms with Gasteiger partial charge in [-0.3, -0.25) is 4.79 Å². The van der Waals surface area contributed by atoms with Gasteiger partial charge in [0.2, 0.25) is 5.91 Å². The number of nitrogens with zero attached hydrogens (tertiary/aromatic N) is 4. The minimum Gasteiger partial charge on any atom is -0.496 e. The molecule has 150 valence electrons. The summed E-state index contributed by atoms with van der Waals surface area (Å²) in [5, 5.41) is 4.69. The van der Waals surface area contributed by atoms with Gasteiger partial charge in [0.05, 0.1) is 7.11 Å². The zero-order valence-electron chi connectivity index (χ0n) is 16.3. The molecular weight excluding hydrogens is 371 g/mol. The smallest absolute Gasteiger partial charge is 0.225 e. The van der Waals surface area contributed by atoms with Crippen molar-refractivity contribution in [2.75, 3.05) is 20.2 Å². The van der Waals surface area contributed by atoms with Crippen LogP contribution in [0, 0.1) is 11.7 Å². The van der Waals surface area contributed by atoms with Gasteiger partial charge in [0.1, 0.15) is 11.6 Å². The molecule has 1 aromatic carbocycles. The monoisotopic (exact) mass is 394 g/mol. The Morgan fingerprint density at radius 3 is 2.86 bits per heavy atom. The van der Waals surface area contributed by atoms with E-state index in [2.05, 4.69) is 5.10 Å². The number of pyridine rings is 1. The summed E-state index contributed by atoms with van der Waals surface area (Å²) < 4.78 is 20.9. The van der Waals surface area contributed by atoms with Gasteiger partial charge in [-0.05, 0) is 56.0 Å². The Balaban J connectivity index is 1.44. The highest BCUT2D eigenvalue weighted by Crippen LogP contribution is 2.34. The number of hydrogen-bond donors (Lipinski definition) is 0. The number of amides is 1. The van der Waals surface area contributed by atoms with Gasteiger partial charge in [-0.1, -0.05) is 0 Å². The molecule has 2 aromatic heterocycles. The normalized spacial score (nSPS) is 19.5. The van der Waals surface area contributed by atoms with Gasteiger partial charge in [-0.15, -0.1) is 0 Å². The summed E-state index contributed by atoms with van der Waals surface area (Å²) in [6.45, 7) is 1.53. The lowest BCUT2D eigenvalue weighted by Crippen LogP contribution is -2.40. The number of hydrogen-bond acceptors (Lipinski definition) is 4. The van der Waals surface area contributed by atoms with Gasteiger partial charge >= 0.3 is 0 Å². The molecule has 1 atom stereocenters. The molecule has 1 aliphatic carbocycles. The molecule has 3 aromatic rings. The first-order valence-corrected chi connectivity index (χ1v) is 10.1. The van der Waals surface area contributed by atoms with Crippen molar-refractivity contribution in [3.8, 4) is 16.9 Å². The Hall–Kier alpha value is -2.96. The SMILES string of the molecule is COc1ccc(F)cc1-c1ccc2nc([C@H]3CCCN(C(=O)C4CC4)C3)nn2c1. The molecule has 7 heteroatoms.